The van der Waals surface area contributed by atoms with E-state index in [2.05, 4.69) is 24.3 Å². The first-order valence-electron chi connectivity index (χ1n) is 7.86. The minimum Gasteiger partial charge on any atom is -0.298 e. The summed E-state index contributed by atoms with van der Waals surface area (Å²) in [6, 6.07) is 30.2. The van der Waals surface area contributed by atoms with Gasteiger partial charge in [-0.1, -0.05) is 91.0 Å². The van der Waals surface area contributed by atoms with Gasteiger partial charge in [0.25, 0.3) is 0 Å². The SMILES string of the molecule is O=CC(=C(C(=[PH3])c1ccccc1)c1ccccc1)c1ccccc1. The lowest BCUT2D eigenvalue weighted by atomic mass is 9.90. The molecule has 0 heterocycles. The highest BCUT2D eigenvalue weighted by Gasteiger charge is 2.15. The van der Waals surface area contributed by atoms with Crippen LogP contribution in [-0.2, 0) is 4.79 Å². The molecule has 0 saturated heterocycles. The Morgan fingerprint density at radius 3 is 1.50 bits per heavy atom. The zero-order valence-electron chi connectivity index (χ0n) is 13.4. The smallest absolute Gasteiger partial charge is 0.151 e. The van der Waals surface area contributed by atoms with Crippen LogP contribution in [0.25, 0.3) is 11.1 Å². The van der Waals surface area contributed by atoms with Crippen LogP contribution in [0.5, 0.6) is 0 Å². The summed E-state index contributed by atoms with van der Waals surface area (Å²) in [5.74, 6) is 0. The van der Waals surface area contributed by atoms with Crippen molar-refractivity contribution in [3.8, 4) is 0 Å². The van der Waals surface area contributed by atoms with Gasteiger partial charge in [0.1, 0.15) is 0 Å². The molecule has 1 nitrogen and oxygen atoms in total. The molecule has 0 aliphatic heterocycles. The first-order valence-corrected chi connectivity index (χ1v) is 8.57. The molecule has 0 fully saturated rings. The zero-order chi connectivity index (χ0) is 16.8. The van der Waals surface area contributed by atoms with Crippen molar-refractivity contribution >= 4 is 31.6 Å². The standard InChI is InChI=1S/C22H19OP/c23-16-20(17-10-4-1-5-11-17)21(18-12-6-2-7-13-18)22(24)19-14-8-3-9-15-19/h1-16H,24H3. The highest BCUT2D eigenvalue weighted by molar-refractivity contribution is 7.25. The number of hydrogen-bond acceptors (Lipinski definition) is 1. The van der Waals surface area contributed by atoms with E-state index >= 15 is 0 Å². The van der Waals surface area contributed by atoms with Crippen LogP contribution < -0.4 is 0 Å². The molecule has 24 heavy (non-hydrogen) atoms. The van der Waals surface area contributed by atoms with E-state index in [1.807, 2.05) is 75.6 Å². The summed E-state index contributed by atoms with van der Waals surface area (Å²) in [4.78, 5) is 12.0. The van der Waals surface area contributed by atoms with Crippen molar-refractivity contribution in [3.63, 3.8) is 0 Å². The molecule has 0 bridgehead atoms. The number of carbonyl (C=O) groups is 1. The van der Waals surface area contributed by atoms with Crippen molar-refractivity contribution in [2.75, 3.05) is 0 Å². The molecule has 0 N–H and O–H groups in total. The van der Waals surface area contributed by atoms with Gasteiger partial charge in [-0.3, -0.25) is 4.79 Å². The third-order valence-electron chi connectivity index (χ3n) is 3.96. The Balaban J connectivity index is 2.24. The number of carbonyl (C=O) groups excluding carboxylic acids is 1. The molecule has 2 heteroatoms. The Labute approximate surface area is 144 Å². The predicted molar refractivity (Wildman–Crippen MR) is 107 cm³/mol. The Bertz CT molecular complexity index is 866. The molecule has 0 aliphatic rings. The van der Waals surface area contributed by atoms with Crippen LogP contribution >= 0.6 is 8.86 Å². The average Bonchev–Trinajstić information content (AvgIpc) is 2.67. The van der Waals surface area contributed by atoms with Crippen molar-refractivity contribution < 1.29 is 4.79 Å². The molecule has 0 amide bonds. The van der Waals surface area contributed by atoms with Crippen LogP contribution in [0.4, 0.5) is 0 Å². The molecular formula is C22H19OP. The van der Waals surface area contributed by atoms with E-state index in [0.29, 0.717) is 0 Å². The fourth-order valence-electron chi connectivity index (χ4n) is 2.77. The lowest BCUT2D eigenvalue weighted by Crippen LogP contribution is -2.05. The van der Waals surface area contributed by atoms with Crippen LogP contribution in [0, 0.1) is 0 Å². The fourth-order valence-corrected chi connectivity index (χ4v) is 3.40. The Morgan fingerprint density at radius 1 is 0.625 bits per heavy atom. The van der Waals surface area contributed by atoms with Gasteiger partial charge >= 0.3 is 0 Å². The van der Waals surface area contributed by atoms with E-state index in [1.165, 1.54) is 0 Å². The molecule has 1 atom stereocenters. The van der Waals surface area contributed by atoms with Crippen LogP contribution in [0.15, 0.2) is 91.0 Å². The van der Waals surface area contributed by atoms with Gasteiger partial charge in [-0.2, -0.15) is 0 Å². The normalized spacial score (nSPS) is 11.7. The van der Waals surface area contributed by atoms with Crippen molar-refractivity contribution in [3.05, 3.63) is 108 Å². The van der Waals surface area contributed by atoms with Crippen molar-refractivity contribution in [1.82, 2.24) is 0 Å². The third-order valence-corrected chi connectivity index (χ3v) is 4.72. The Hall–Kier alpha value is -2.63. The second-order valence-corrected chi connectivity index (χ2v) is 6.19. The van der Waals surface area contributed by atoms with Gasteiger partial charge in [-0.25, -0.2) is 0 Å². The van der Waals surface area contributed by atoms with Crippen LogP contribution in [0.2, 0.25) is 0 Å². The van der Waals surface area contributed by atoms with Gasteiger partial charge in [0.2, 0.25) is 0 Å². The van der Waals surface area contributed by atoms with E-state index in [-0.39, 0.29) is 0 Å². The number of rotatable bonds is 5. The topological polar surface area (TPSA) is 17.1 Å². The van der Waals surface area contributed by atoms with Crippen LogP contribution in [0.1, 0.15) is 16.7 Å². The summed E-state index contributed by atoms with van der Waals surface area (Å²) in [5, 5.41) is 1.12. The molecule has 3 rings (SSSR count). The number of hydrogen-bond donors (Lipinski definition) is 0. The summed E-state index contributed by atoms with van der Waals surface area (Å²) < 4.78 is 0. The van der Waals surface area contributed by atoms with Crippen LogP contribution in [0.3, 0.4) is 0 Å². The van der Waals surface area contributed by atoms with E-state index in [1.54, 1.807) is 0 Å². The molecule has 0 aromatic heterocycles. The predicted octanol–water partition coefficient (Wildman–Crippen LogP) is 4.62. The molecule has 1 unspecified atom stereocenters. The van der Waals surface area contributed by atoms with E-state index in [9.17, 15) is 4.79 Å². The molecular weight excluding hydrogens is 311 g/mol. The first-order chi connectivity index (χ1) is 11.8. The third kappa shape index (κ3) is 3.48. The van der Waals surface area contributed by atoms with E-state index in [0.717, 1.165) is 39.4 Å². The molecule has 0 spiro atoms. The molecule has 118 valence electrons. The Kier molecular flexibility index (Phi) is 5.25. The average molecular weight is 330 g/mol. The van der Waals surface area contributed by atoms with Crippen LogP contribution in [-0.4, -0.2) is 11.6 Å². The summed E-state index contributed by atoms with van der Waals surface area (Å²) in [7, 11) is 1.83. The summed E-state index contributed by atoms with van der Waals surface area (Å²) in [6.45, 7) is 0. The second kappa shape index (κ2) is 7.77. The van der Waals surface area contributed by atoms with Crippen molar-refractivity contribution in [2.24, 2.45) is 0 Å². The van der Waals surface area contributed by atoms with Gasteiger partial charge in [-0.15, -0.1) is 8.86 Å². The van der Waals surface area contributed by atoms with Crippen molar-refractivity contribution in [2.45, 2.75) is 0 Å². The highest BCUT2D eigenvalue weighted by atomic mass is 31.0. The molecule has 0 aliphatic carbocycles. The highest BCUT2D eigenvalue weighted by Crippen LogP contribution is 2.29. The first kappa shape index (κ1) is 16.2. The van der Waals surface area contributed by atoms with Gasteiger partial charge in [0.05, 0.1) is 0 Å². The zero-order valence-corrected chi connectivity index (χ0v) is 14.8. The minimum absolute atomic E-state index is 0.718. The maximum atomic E-state index is 12.0. The maximum Gasteiger partial charge on any atom is 0.151 e. The van der Waals surface area contributed by atoms with Crippen molar-refractivity contribution in [1.29, 1.82) is 0 Å². The number of aldehydes is 1. The monoisotopic (exact) mass is 330 g/mol. The van der Waals surface area contributed by atoms with Gasteiger partial charge in [-0.05, 0) is 27.6 Å². The lowest BCUT2D eigenvalue weighted by molar-refractivity contribution is -0.103. The summed E-state index contributed by atoms with van der Waals surface area (Å²) in [5.41, 5.74) is 4.82. The molecule has 0 radical (unpaired) electrons. The number of benzene rings is 3. The molecule has 3 aromatic carbocycles. The molecule has 0 saturated carbocycles. The van der Waals surface area contributed by atoms with Gasteiger partial charge in [0, 0.05) is 5.57 Å². The molecule has 3 aromatic rings. The minimum atomic E-state index is 0.718. The summed E-state index contributed by atoms with van der Waals surface area (Å²) >= 11 is 0. The summed E-state index contributed by atoms with van der Waals surface area (Å²) in [6.07, 6.45) is 0.967. The second-order valence-electron chi connectivity index (χ2n) is 5.48. The van der Waals surface area contributed by atoms with E-state index < -0.39 is 0 Å². The van der Waals surface area contributed by atoms with Gasteiger partial charge < -0.3 is 0 Å². The lowest BCUT2D eigenvalue weighted by Gasteiger charge is -2.16. The fraction of sp³-hybridized carbons (Fsp3) is 0. The van der Waals surface area contributed by atoms with Gasteiger partial charge in [0.15, 0.2) is 6.29 Å². The Morgan fingerprint density at radius 2 is 1.04 bits per heavy atom. The largest absolute Gasteiger partial charge is 0.298 e. The number of allylic oxidation sites excluding steroid dienone is 2. The maximum absolute atomic E-state index is 12.0. The van der Waals surface area contributed by atoms with E-state index in [4.69, 9.17) is 0 Å². The quantitative estimate of drug-likeness (QED) is 0.289.